The summed E-state index contributed by atoms with van der Waals surface area (Å²) in [7, 11) is -4.11. The minimum Gasteiger partial charge on any atom is -0.799 e. The van der Waals surface area contributed by atoms with E-state index in [0.29, 0.717) is 0 Å². The Morgan fingerprint density at radius 1 is 1.10 bits per heavy atom. The van der Waals surface area contributed by atoms with Gasteiger partial charge in [0.05, 0.1) is 11.8 Å². The molecule has 0 bridgehead atoms. The number of carboxylic acids is 1. The van der Waals surface area contributed by atoms with Gasteiger partial charge in [0.25, 0.3) is 0 Å². The SMILES string of the molecule is CC(C)c1nc2c(c(-c3ccc(F)cc3)c1CCP(=O)([O-])C[C@H](O)CC(=O)[O-])CCCc1ccccc1-2.[Na+].[Na+]. The summed E-state index contributed by atoms with van der Waals surface area (Å²) >= 11 is 0. The zero-order valence-corrected chi connectivity index (χ0v) is 28.0. The maximum Gasteiger partial charge on any atom is 1.00 e. The monoisotopic (exact) mass is 569 g/mol. The molecule has 1 heterocycles. The molecule has 2 aromatic carbocycles. The van der Waals surface area contributed by atoms with E-state index in [9.17, 15) is 28.9 Å². The normalized spacial score (nSPS) is 14.6. The molecule has 196 valence electrons. The first-order valence-electron chi connectivity index (χ1n) is 12.6. The number of aromatic nitrogens is 1. The number of halogens is 1. The van der Waals surface area contributed by atoms with Crippen LogP contribution < -0.4 is 69.1 Å². The van der Waals surface area contributed by atoms with E-state index in [4.69, 9.17) is 4.98 Å². The molecule has 1 unspecified atom stereocenters. The Kier molecular flexibility index (Phi) is 13.1. The summed E-state index contributed by atoms with van der Waals surface area (Å²) < 4.78 is 26.7. The summed E-state index contributed by atoms with van der Waals surface area (Å²) in [5.74, 6) is -1.86. The number of rotatable bonds is 9. The first-order chi connectivity index (χ1) is 17.6. The molecule has 1 aromatic heterocycles. The van der Waals surface area contributed by atoms with Crippen molar-refractivity contribution in [2.24, 2.45) is 0 Å². The molecule has 0 saturated carbocycles. The zero-order valence-electron chi connectivity index (χ0n) is 23.1. The molecular weight excluding hydrogens is 538 g/mol. The van der Waals surface area contributed by atoms with Gasteiger partial charge >= 0.3 is 59.1 Å². The molecule has 0 amide bonds. The van der Waals surface area contributed by atoms with Gasteiger partial charge < -0.3 is 24.5 Å². The first kappa shape index (κ1) is 34.3. The van der Waals surface area contributed by atoms with Gasteiger partial charge in [-0.15, -0.1) is 0 Å². The van der Waals surface area contributed by atoms with Gasteiger partial charge in [-0.25, -0.2) is 4.39 Å². The van der Waals surface area contributed by atoms with E-state index < -0.39 is 32.0 Å². The van der Waals surface area contributed by atoms with Crippen molar-refractivity contribution >= 4 is 13.3 Å². The molecule has 2 atom stereocenters. The number of nitrogens with zero attached hydrogens (tertiary/aromatic N) is 1. The second-order valence-electron chi connectivity index (χ2n) is 10.1. The fraction of sp³-hybridized carbons (Fsp3) is 0.379. The molecule has 39 heavy (non-hydrogen) atoms. The van der Waals surface area contributed by atoms with E-state index in [1.54, 1.807) is 12.1 Å². The number of carbonyl (C=O) groups excluding carboxylic acids is 1. The summed E-state index contributed by atoms with van der Waals surface area (Å²) in [6.07, 6.45) is -0.433. The Hall–Kier alpha value is -0.860. The Morgan fingerprint density at radius 3 is 2.41 bits per heavy atom. The van der Waals surface area contributed by atoms with Crippen LogP contribution in [0.25, 0.3) is 22.4 Å². The minimum absolute atomic E-state index is 0. The third-order valence-electron chi connectivity index (χ3n) is 6.85. The molecule has 0 saturated heterocycles. The average Bonchev–Trinajstić information content (AvgIpc) is 3.01. The van der Waals surface area contributed by atoms with E-state index in [0.717, 1.165) is 58.5 Å². The topological polar surface area (TPSA) is 113 Å². The maximum atomic E-state index is 13.9. The van der Waals surface area contributed by atoms with E-state index in [1.165, 1.54) is 17.7 Å². The number of fused-ring (bicyclic) bond motifs is 3. The molecule has 4 rings (SSSR count). The Bertz CT molecular complexity index is 1350. The van der Waals surface area contributed by atoms with Gasteiger partial charge in [-0.05, 0) is 77.7 Å². The third-order valence-corrected chi connectivity index (χ3v) is 8.73. The number of hydrogen-bond acceptors (Lipinski definition) is 6. The maximum absolute atomic E-state index is 13.9. The number of aliphatic hydroxyl groups excluding tert-OH is 1. The second kappa shape index (κ2) is 14.9. The predicted octanol–water partition coefficient (Wildman–Crippen LogP) is -2.14. The first-order valence-corrected chi connectivity index (χ1v) is 14.6. The second-order valence-corrected chi connectivity index (χ2v) is 12.5. The summed E-state index contributed by atoms with van der Waals surface area (Å²) in [5.41, 5.74) is 7.45. The van der Waals surface area contributed by atoms with Gasteiger partial charge in [0.2, 0.25) is 0 Å². The van der Waals surface area contributed by atoms with Crippen molar-refractivity contribution in [1.82, 2.24) is 4.98 Å². The van der Waals surface area contributed by atoms with Crippen molar-refractivity contribution in [2.75, 3.05) is 12.3 Å². The number of aliphatic carboxylic acids is 1. The Morgan fingerprint density at radius 2 is 1.77 bits per heavy atom. The van der Waals surface area contributed by atoms with Crippen molar-refractivity contribution in [1.29, 1.82) is 0 Å². The molecule has 1 aliphatic rings. The Labute approximate surface area is 273 Å². The molecule has 0 aliphatic heterocycles. The number of benzene rings is 2. The summed E-state index contributed by atoms with van der Waals surface area (Å²) in [6.45, 7) is 4.02. The number of aliphatic hydroxyl groups is 1. The molecule has 0 radical (unpaired) electrons. The van der Waals surface area contributed by atoms with Gasteiger partial charge in [0.15, 0.2) is 0 Å². The van der Waals surface area contributed by atoms with Crippen LogP contribution in [0.15, 0.2) is 48.5 Å². The molecular formula is C29H31FNNa2O5P. The van der Waals surface area contributed by atoms with Crippen LogP contribution in [0.3, 0.4) is 0 Å². The number of hydrogen-bond donors (Lipinski definition) is 1. The molecule has 0 spiro atoms. The van der Waals surface area contributed by atoms with Crippen LogP contribution in [0, 0.1) is 5.82 Å². The van der Waals surface area contributed by atoms with Gasteiger partial charge in [0, 0.05) is 37.2 Å². The van der Waals surface area contributed by atoms with E-state index in [2.05, 4.69) is 12.1 Å². The van der Waals surface area contributed by atoms with Crippen LogP contribution in [0.2, 0.25) is 0 Å². The average molecular weight is 570 g/mol. The fourth-order valence-electron chi connectivity index (χ4n) is 5.22. The van der Waals surface area contributed by atoms with Crippen LogP contribution in [0.1, 0.15) is 55.0 Å². The van der Waals surface area contributed by atoms with Crippen molar-refractivity contribution in [3.63, 3.8) is 0 Å². The molecule has 3 aromatic rings. The third kappa shape index (κ3) is 8.57. The fourth-order valence-corrected chi connectivity index (χ4v) is 6.74. The quantitative estimate of drug-likeness (QED) is 0.233. The molecule has 1 N–H and O–H groups in total. The number of pyridine rings is 1. The molecule has 10 heteroatoms. The molecule has 1 aliphatic carbocycles. The van der Waals surface area contributed by atoms with Gasteiger partial charge in [-0.3, -0.25) is 4.98 Å². The van der Waals surface area contributed by atoms with Crippen molar-refractivity contribution in [3.05, 3.63) is 76.7 Å². The van der Waals surface area contributed by atoms with Crippen LogP contribution in [-0.2, 0) is 28.6 Å². The number of carbonyl (C=O) groups is 1. The van der Waals surface area contributed by atoms with Crippen molar-refractivity contribution in [2.45, 2.75) is 58.0 Å². The van der Waals surface area contributed by atoms with E-state index >= 15 is 0 Å². The largest absolute Gasteiger partial charge is 1.00 e. The smallest absolute Gasteiger partial charge is 0.799 e. The van der Waals surface area contributed by atoms with Gasteiger partial charge in [-0.1, -0.05) is 50.2 Å². The molecule has 6 nitrogen and oxygen atoms in total. The summed E-state index contributed by atoms with van der Waals surface area (Å²) in [4.78, 5) is 28.8. The summed E-state index contributed by atoms with van der Waals surface area (Å²) in [6, 6.07) is 14.4. The zero-order chi connectivity index (χ0) is 26.7. The van der Waals surface area contributed by atoms with Crippen molar-refractivity contribution < 1.29 is 88.0 Å². The number of aryl methyl sites for hydroxylation is 1. The Balaban J connectivity index is 0.00000267. The van der Waals surface area contributed by atoms with E-state index in [1.807, 2.05) is 26.0 Å². The van der Waals surface area contributed by atoms with Gasteiger partial charge in [0.1, 0.15) is 5.82 Å². The van der Waals surface area contributed by atoms with Gasteiger partial charge in [-0.2, -0.15) is 0 Å². The number of carboxylic acid groups (broad SMARTS) is 1. The van der Waals surface area contributed by atoms with Crippen LogP contribution >= 0.6 is 7.37 Å². The standard InChI is InChI=1S/C29H33FNO5P.2Na/c1-18(2)28-25(14-15-37(35,36)17-22(32)16-26(33)34)27(20-10-12-21(30)13-11-20)24-9-5-7-19-6-3-4-8-23(19)29(24)31-28;;/h3-4,6,8,10-13,18,22,32H,5,7,9,14-17H2,1-2H3,(H,33,34)(H,35,36);;/q;2*+1/p-2/t22-;;/m1../s1. The minimum atomic E-state index is -4.11. The van der Waals surface area contributed by atoms with Crippen LogP contribution in [0.5, 0.6) is 0 Å². The van der Waals surface area contributed by atoms with Crippen LogP contribution in [-0.4, -0.2) is 34.5 Å². The molecule has 0 fully saturated rings. The summed E-state index contributed by atoms with van der Waals surface area (Å²) in [5, 5.41) is 20.7. The van der Waals surface area contributed by atoms with Crippen molar-refractivity contribution in [3.8, 4) is 22.4 Å². The van der Waals surface area contributed by atoms with Crippen LogP contribution in [0.4, 0.5) is 4.39 Å². The predicted molar refractivity (Wildman–Crippen MR) is 138 cm³/mol. The van der Waals surface area contributed by atoms with E-state index in [-0.39, 0.29) is 83.4 Å².